The highest BCUT2D eigenvalue weighted by Crippen LogP contribution is 2.33. The number of alkyl halides is 1. The van der Waals surface area contributed by atoms with Crippen molar-refractivity contribution < 1.29 is 0 Å². The molecule has 0 aromatic heterocycles. The van der Waals surface area contributed by atoms with Gasteiger partial charge in [0.15, 0.2) is 0 Å². The monoisotopic (exact) mass is 376 g/mol. The van der Waals surface area contributed by atoms with Crippen molar-refractivity contribution in [2.45, 2.75) is 12.3 Å². The Morgan fingerprint density at radius 2 is 1.71 bits per heavy atom. The van der Waals surface area contributed by atoms with Crippen LogP contribution in [0.25, 0.3) is 0 Å². The average molecular weight is 377 g/mol. The van der Waals surface area contributed by atoms with E-state index in [-0.39, 0.29) is 5.38 Å². The molecule has 0 bridgehead atoms. The summed E-state index contributed by atoms with van der Waals surface area (Å²) in [4.78, 5) is 0. The highest BCUT2D eigenvalue weighted by molar-refractivity contribution is 14.1. The second-order valence-electron chi connectivity index (χ2n) is 3.94. The van der Waals surface area contributed by atoms with E-state index < -0.39 is 0 Å². The Bertz CT molecular complexity index is 520. The molecule has 0 aliphatic heterocycles. The van der Waals surface area contributed by atoms with Crippen LogP contribution in [0, 0.1) is 10.5 Å². The van der Waals surface area contributed by atoms with Gasteiger partial charge in [-0.25, -0.2) is 0 Å². The van der Waals surface area contributed by atoms with Gasteiger partial charge in [-0.2, -0.15) is 0 Å². The largest absolute Gasteiger partial charge is 0.113 e. The lowest BCUT2D eigenvalue weighted by molar-refractivity contribution is 1.12. The molecule has 1 unspecified atom stereocenters. The highest BCUT2D eigenvalue weighted by atomic mass is 127. The van der Waals surface area contributed by atoms with E-state index in [0.29, 0.717) is 0 Å². The van der Waals surface area contributed by atoms with E-state index >= 15 is 0 Å². The topological polar surface area (TPSA) is 0 Å². The van der Waals surface area contributed by atoms with Gasteiger partial charge in [0.1, 0.15) is 0 Å². The van der Waals surface area contributed by atoms with Crippen LogP contribution in [0.1, 0.15) is 22.1 Å². The third kappa shape index (κ3) is 3.15. The molecule has 3 heteroatoms. The first-order valence-electron chi connectivity index (χ1n) is 5.23. The van der Waals surface area contributed by atoms with E-state index in [2.05, 4.69) is 53.8 Å². The van der Waals surface area contributed by atoms with Crippen LogP contribution in [0.5, 0.6) is 0 Å². The molecule has 0 N–H and O–H groups in total. The van der Waals surface area contributed by atoms with Gasteiger partial charge in [-0.3, -0.25) is 0 Å². The summed E-state index contributed by atoms with van der Waals surface area (Å²) < 4.78 is 1.13. The van der Waals surface area contributed by atoms with Gasteiger partial charge in [0.2, 0.25) is 0 Å². The van der Waals surface area contributed by atoms with Crippen LogP contribution in [-0.2, 0) is 0 Å². The summed E-state index contributed by atoms with van der Waals surface area (Å²) in [5.74, 6) is 0. The van der Waals surface area contributed by atoms with Crippen LogP contribution in [0.2, 0.25) is 5.02 Å². The Balaban J connectivity index is 2.39. The predicted octanol–water partition coefficient (Wildman–Crippen LogP) is 5.58. The van der Waals surface area contributed by atoms with Gasteiger partial charge in [0.05, 0.1) is 5.38 Å². The van der Waals surface area contributed by atoms with Gasteiger partial charge in [-0.1, -0.05) is 41.4 Å². The molecule has 0 fully saturated rings. The van der Waals surface area contributed by atoms with Crippen LogP contribution in [0.3, 0.4) is 0 Å². The molecule has 0 radical (unpaired) electrons. The van der Waals surface area contributed by atoms with Crippen LogP contribution >= 0.6 is 45.8 Å². The molecular formula is C14H11Cl2I. The summed E-state index contributed by atoms with van der Waals surface area (Å²) >= 11 is 14.8. The van der Waals surface area contributed by atoms with Crippen molar-refractivity contribution in [2.75, 3.05) is 0 Å². The quantitative estimate of drug-likeness (QED) is 0.474. The van der Waals surface area contributed by atoms with E-state index in [1.807, 2.05) is 18.2 Å². The standard InChI is InChI=1S/C14H11Cl2I/c1-9-2-4-10(5-3-9)14(16)12-8-11(15)6-7-13(12)17/h2-8,14H,1H3. The van der Waals surface area contributed by atoms with Crippen molar-refractivity contribution in [3.8, 4) is 0 Å². The van der Waals surface area contributed by atoms with Gasteiger partial charge < -0.3 is 0 Å². The average Bonchev–Trinajstić information content (AvgIpc) is 2.32. The molecule has 88 valence electrons. The zero-order chi connectivity index (χ0) is 12.4. The van der Waals surface area contributed by atoms with Gasteiger partial charge in [0, 0.05) is 8.59 Å². The van der Waals surface area contributed by atoms with Gasteiger partial charge >= 0.3 is 0 Å². The molecule has 0 saturated heterocycles. The third-order valence-corrected chi connectivity index (χ3v) is 4.31. The van der Waals surface area contributed by atoms with E-state index in [1.54, 1.807) is 0 Å². The molecule has 0 spiro atoms. The molecule has 0 saturated carbocycles. The zero-order valence-electron chi connectivity index (χ0n) is 9.25. The Morgan fingerprint density at radius 3 is 2.35 bits per heavy atom. The summed E-state index contributed by atoms with van der Waals surface area (Å²) in [6.45, 7) is 2.07. The fourth-order valence-electron chi connectivity index (χ4n) is 1.62. The molecule has 0 heterocycles. The van der Waals surface area contributed by atoms with Crippen molar-refractivity contribution >= 4 is 45.8 Å². The summed E-state index contributed by atoms with van der Waals surface area (Å²) in [6.07, 6.45) is 0. The molecule has 2 aromatic rings. The molecule has 0 aliphatic rings. The third-order valence-electron chi connectivity index (χ3n) is 2.60. The van der Waals surface area contributed by atoms with Crippen molar-refractivity contribution in [1.82, 2.24) is 0 Å². The Kier molecular flexibility index (Phi) is 4.34. The van der Waals surface area contributed by atoms with Crippen LogP contribution < -0.4 is 0 Å². The second kappa shape index (κ2) is 5.59. The summed E-state index contributed by atoms with van der Waals surface area (Å²) in [5.41, 5.74) is 3.39. The Labute approximate surface area is 125 Å². The fraction of sp³-hybridized carbons (Fsp3) is 0.143. The van der Waals surface area contributed by atoms with Crippen molar-refractivity contribution in [3.05, 3.63) is 67.7 Å². The second-order valence-corrected chi connectivity index (χ2v) is 5.97. The molecule has 0 amide bonds. The normalized spacial score (nSPS) is 12.5. The predicted molar refractivity (Wildman–Crippen MR) is 83.0 cm³/mol. The lowest BCUT2D eigenvalue weighted by Crippen LogP contribution is -1.96. The highest BCUT2D eigenvalue weighted by Gasteiger charge is 2.14. The zero-order valence-corrected chi connectivity index (χ0v) is 12.9. The maximum Gasteiger partial charge on any atom is 0.0846 e. The minimum atomic E-state index is -0.152. The minimum Gasteiger partial charge on any atom is -0.113 e. The maximum absolute atomic E-state index is 6.50. The number of aryl methyl sites for hydroxylation is 1. The summed E-state index contributed by atoms with van der Waals surface area (Å²) in [6, 6.07) is 14.1. The maximum atomic E-state index is 6.50. The van der Waals surface area contributed by atoms with Crippen molar-refractivity contribution in [3.63, 3.8) is 0 Å². The lowest BCUT2D eigenvalue weighted by atomic mass is 10.0. The minimum absolute atomic E-state index is 0.152. The first-order chi connectivity index (χ1) is 8.08. The molecule has 2 rings (SSSR count). The summed E-state index contributed by atoms with van der Waals surface area (Å²) in [7, 11) is 0. The van der Waals surface area contributed by atoms with Crippen LogP contribution in [0.4, 0.5) is 0 Å². The molecule has 0 nitrogen and oxygen atoms in total. The van der Waals surface area contributed by atoms with Gasteiger partial charge in [-0.05, 0) is 58.8 Å². The van der Waals surface area contributed by atoms with E-state index in [4.69, 9.17) is 23.2 Å². The first-order valence-corrected chi connectivity index (χ1v) is 7.13. The Hall–Kier alpha value is -0.250. The van der Waals surface area contributed by atoms with E-state index in [1.165, 1.54) is 5.56 Å². The fourth-order valence-corrected chi connectivity index (χ4v) is 2.96. The number of hydrogen-bond donors (Lipinski definition) is 0. The molecule has 2 aromatic carbocycles. The molecular weight excluding hydrogens is 366 g/mol. The van der Waals surface area contributed by atoms with Gasteiger partial charge in [-0.15, -0.1) is 11.6 Å². The number of hydrogen-bond acceptors (Lipinski definition) is 0. The first kappa shape index (κ1) is 13.2. The van der Waals surface area contributed by atoms with E-state index in [0.717, 1.165) is 19.7 Å². The van der Waals surface area contributed by atoms with Crippen molar-refractivity contribution in [2.24, 2.45) is 0 Å². The van der Waals surface area contributed by atoms with Gasteiger partial charge in [0.25, 0.3) is 0 Å². The molecule has 1 atom stereocenters. The van der Waals surface area contributed by atoms with Crippen molar-refractivity contribution in [1.29, 1.82) is 0 Å². The van der Waals surface area contributed by atoms with Crippen LogP contribution in [-0.4, -0.2) is 0 Å². The molecule has 0 aliphatic carbocycles. The van der Waals surface area contributed by atoms with Crippen LogP contribution in [0.15, 0.2) is 42.5 Å². The molecule has 17 heavy (non-hydrogen) atoms. The number of halogens is 3. The van der Waals surface area contributed by atoms with E-state index in [9.17, 15) is 0 Å². The summed E-state index contributed by atoms with van der Waals surface area (Å²) in [5, 5.41) is 0.569. The number of benzene rings is 2. The lowest BCUT2D eigenvalue weighted by Gasteiger charge is -2.13. The SMILES string of the molecule is Cc1ccc(C(Cl)c2cc(Cl)ccc2I)cc1. The number of rotatable bonds is 2. The Morgan fingerprint density at radius 1 is 1.06 bits per heavy atom. The smallest absolute Gasteiger partial charge is 0.0846 e.